The van der Waals surface area contributed by atoms with Crippen molar-refractivity contribution in [2.24, 2.45) is 0 Å². The topological polar surface area (TPSA) is 128 Å². The molecule has 3 rings (SSSR count). The van der Waals surface area contributed by atoms with Gasteiger partial charge in [0.05, 0.1) is 16.8 Å². The van der Waals surface area contributed by atoms with E-state index in [2.05, 4.69) is 15.3 Å². The van der Waals surface area contributed by atoms with Crippen LogP contribution in [0.25, 0.3) is 16.6 Å². The van der Waals surface area contributed by atoms with Crippen LogP contribution in [-0.4, -0.2) is 44.6 Å². The Balaban J connectivity index is 1.52. The highest BCUT2D eigenvalue weighted by Gasteiger charge is 2.19. The van der Waals surface area contributed by atoms with Crippen LogP contribution >= 0.6 is 11.8 Å². The maximum Gasteiger partial charge on any atom is 0.319 e. The van der Waals surface area contributed by atoms with Crippen LogP contribution in [0.15, 0.2) is 54.3 Å². The Labute approximate surface area is 187 Å². The van der Waals surface area contributed by atoms with Crippen molar-refractivity contribution >= 4 is 45.9 Å². The second kappa shape index (κ2) is 10.5. The maximum absolute atomic E-state index is 12.9. The number of allylic oxidation sites excluding steroid dienone is 1. The summed E-state index contributed by atoms with van der Waals surface area (Å²) in [7, 11) is 0. The largest absolute Gasteiger partial charge is 0.507 e. The molecule has 0 spiro atoms. The molecule has 0 radical (unpaired) electrons. The molecular weight excluding hydrogens is 435 g/mol. The normalized spacial score (nSPS) is 12.5. The highest BCUT2D eigenvalue weighted by atomic mass is 32.2. The van der Waals surface area contributed by atoms with Crippen molar-refractivity contribution in [1.29, 1.82) is 5.26 Å². The number of halogens is 1. The quantitative estimate of drug-likeness (QED) is 0.268. The van der Waals surface area contributed by atoms with Crippen molar-refractivity contribution in [2.75, 3.05) is 17.7 Å². The Morgan fingerprint density at radius 2 is 2.00 bits per heavy atom. The van der Waals surface area contributed by atoms with Gasteiger partial charge in [0.15, 0.2) is 11.6 Å². The van der Waals surface area contributed by atoms with Crippen molar-refractivity contribution in [3.05, 3.63) is 65.9 Å². The average molecular weight is 454 g/mol. The summed E-state index contributed by atoms with van der Waals surface area (Å²) in [5, 5.41) is 21.5. The molecule has 0 aliphatic carbocycles. The number of ether oxygens (including phenoxy) is 1. The number of H-pyrrole nitrogens is 1. The summed E-state index contributed by atoms with van der Waals surface area (Å²) in [6.07, 6.45) is 0. The van der Waals surface area contributed by atoms with Crippen LogP contribution in [-0.2, 0) is 14.3 Å². The average Bonchev–Trinajstić information content (AvgIpc) is 3.21. The Bertz CT molecular complexity index is 1170. The Morgan fingerprint density at radius 1 is 1.28 bits per heavy atom. The third kappa shape index (κ3) is 5.86. The molecule has 0 fully saturated rings. The first-order chi connectivity index (χ1) is 15.4. The van der Waals surface area contributed by atoms with E-state index in [1.165, 1.54) is 24.3 Å². The molecule has 3 aromatic rings. The summed E-state index contributed by atoms with van der Waals surface area (Å²) in [5.41, 5.74) is 1.64. The zero-order valence-corrected chi connectivity index (χ0v) is 17.8. The second-order valence-electron chi connectivity index (χ2n) is 6.65. The van der Waals surface area contributed by atoms with Gasteiger partial charge in [0.1, 0.15) is 29.3 Å². The number of nitrogens with one attached hydrogen (secondary N) is 2. The molecule has 1 atom stereocenters. The Kier molecular flexibility index (Phi) is 7.46. The number of thioether (sulfide) groups is 1. The van der Waals surface area contributed by atoms with E-state index in [9.17, 15) is 24.3 Å². The van der Waals surface area contributed by atoms with Gasteiger partial charge in [-0.1, -0.05) is 12.1 Å². The molecule has 8 nitrogen and oxygen atoms in total. The number of rotatable bonds is 8. The van der Waals surface area contributed by atoms with Gasteiger partial charge in [-0.15, -0.1) is 11.8 Å². The van der Waals surface area contributed by atoms with Crippen molar-refractivity contribution in [1.82, 2.24) is 9.97 Å². The summed E-state index contributed by atoms with van der Waals surface area (Å²) in [4.78, 5) is 31.3. The SMILES string of the molecule is C[C@@H](SCC(=O)Nc1ccc(F)cc1)C(=O)OCC(O)=C(C#N)c1nc2ccccc2[nH]1. The highest BCUT2D eigenvalue weighted by Crippen LogP contribution is 2.20. The number of fused-ring (bicyclic) bond motifs is 1. The van der Waals surface area contributed by atoms with Gasteiger partial charge in [0, 0.05) is 5.69 Å². The van der Waals surface area contributed by atoms with Crippen LogP contribution in [0.2, 0.25) is 0 Å². The monoisotopic (exact) mass is 454 g/mol. The molecule has 1 amide bonds. The van der Waals surface area contributed by atoms with E-state index < -0.39 is 29.4 Å². The molecule has 0 aliphatic rings. The zero-order valence-electron chi connectivity index (χ0n) is 17.0. The predicted octanol–water partition coefficient (Wildman–Crippen LogP) is 3.80. The van der Waals surface area contributed by atoms with E-state index in [0.717, 1.165) is 11.8 Å². The van der Waals surface area contributed by atoms with E-state index in [1.807, 2.05) is 6.07 Å². The van der Waals surface area contributed by atoms with Crippen LogP contribution in [0.3, 0.4) is 0 Å². The molecule has 164 valence electrons. The summed E-state index contributed by atoms with van der Waals surface area (Å²) < 4.78 is 18.0. The number of nitrogens with zero attached hydrogens (tertiary/aromatic N) is 2. The molecule has 3 N–H and O–H groups in total. The number of aromatic amines is 1. The lowest BCUT2D eigenvalue weighted by Crippen LogP contribution is -2.22. The van der Waals surface area contributed by atoms with E-state index in [4.69, 9.17) is 4.74 Å². The lowest BCUT2D eigenvalue weighted by molar-refractivity contribution is -0.142. The lowest BCUT2D eigenvalue weighted by Gasteiger charge is -2.11. The minimum absolute atomic E-state index is 0.0299. The van der Waals surface area contributed by atoms with Crippen LogP contribution in [0, 0.1) is 17.1 Å². The molecule has 2 aromatic carbocycles. The number of aliphatic hydroxyl groups is 1. The number of para-hydroxylation sites is 2. The van der Waals surface area contributed by atoms with Gasteiger partial charge in [-0.05, 0) is 43.3 Å². The molecule has 32 heavy (non-hydrogen) atoms. The number of nitriles is 1. The predicted molar refractivity (Wildman–Crippen MR) is 119 cm³/mol. The summed E-state index contributed by atoms with van der Waals surface area (Å²) >= 11 is 1.04. The van der Waals surface area contributed by atoms with Gasteiger partial charge in [-0.2, -0.15) is 5.26 Å². The molecule has 10 heteroatoms. The van der Waals surface area contributed by atoms with Crippen LogP contribution in [0.1, 0.15) is 12.7 Å². The minimum atomic E-state index is -0.696. The highest BCUT2D eigenvalue weighted by molar-refractivity contribution is 8.01. The van der Waals surface area contributed by atoms with Crippen LogP contribution in [0.5, 0.6) is 0 Å². The van der Waals surface area contributed by atoms with Crippen molar-refractivity contribution < 1.29 is 23.8 Å². The standard InChI is InChI=1S/C22H19FN4O4S/c1-13(32-12-20(29)25-15-8-6-14(23)7-9-15)22(30)31-11-19(28)16(10-24)21-26-17-4-2-3-5-18(17)27-21/h2-9,13,28H,11-12H2,1H3,(H,25,29)(H,26,27)/t13-/m1/s1. The number of amides is 1. The molecule has 0 bridgehead atoms. The van der Waals surface area contributed by atoms with Crippen molar-refractivity contribution in [2.45, 2.75) is 12.2 Å². The van der Waals surface area contributed by atoms with Crippen LogP contribution in [0.4, 0.5) is 10.1 Å². The fourth-order valence-corrected chi connectivity index (χ4v) is 3.33. The first-order valence-electron chi connectivity index (χ1n) is 9.48. The summed E-state index contributed by atoms with van der Waals surface area (Å²) in [6.45, 7) is 1.05. The molecule has 0 aliphatic heterocycles. The molecule has 0 saturated heterocycles. The number of carbonyl (C=O) groups is 2. The fraction of sp³-hybridized carbons (Fsp3) is 0.182. The second-order valence-corrected chi connectivity index (χ2v) is 7.98. The van der Waals surface area contributed by atoms with E-state index >= 15 is 0 Å². The van der Waals surface area contributed by atoms with Gasteiger partial charge in [0.2, 0.25) is 5.91 Å². The number of hydrogen-bond donors (Lipinski definition) is 3. The van der Waals surface area contributed by atoms with Gasteiger partial charge in [0.25, 0.3) is 0 Å². The summed E-state index contributed by atoms with van der Waals surface area (Å²) in [6, 6.07) is 14.3. The number of anilines is 1. The number of benzene rings is 2. The van der Waals surface area contributed by atoms with Gasteiger partial charge >= 0.3 is 5.97 Å². The van der Waals surface area contributed by atoms with Gasteiger partial charge < -0.3 is 20.1 Å². The number of aliphatic hydroxyl groups excluding tert-OH is 1. The molecule has 0 saturated carbocycles. The van der Waals surface area contributed by atoms with E-state index in [-0.39, 0.29) is 23.1 Å². The molecule has 1 heterocycles. The lowest BCUT2D eigenvalue weighted by atomic mass is 10.2. The first-order valence-corrected chi connectivity index (χ1v) is 10.5. The van der Waals surface area contributed by atoms with Gasteiger partial charge in [-0.3, -0.25) is 9.59 Å². The van der Waals surface area contributed by atoms with E-state index in [1.54, 1.807) is 31.2 Å². The number of aromatic nitrogens is 2. The number of carbonyl (C=O) groups excluding carboxylic acids is 2. The van der Waals surface area contributed by atoms with Crippen molar-refractivity contribution in [3.63, 3.8) is 0 Å². The first kappa shape index (κ1) is 22.8. The van der Waals surface area contributed by atoms with Crippen LogP contribution < -0.4 is 5.32 Å². The number of imidazole rings is 1. The smallest absolute Gasteiger partial charge is 0.319 e. The third-order valence-corrected chi connectivity index (χ3v) is 5.42. The number of esters is 1. The fourth-order valence-electron chi connectivity index (χ4n) is 2.65. The van der Waals surface area contributed by atoms with Gasteiger partial charge in [-0.25, -0.2) is 9.37 Å². The van der Waals surface area contributed by atoms with Crippen molar-refractivity contribution in [3.8, 4) is 6.07 Å². The molecule has 0 unspecified atom stereocenters. The zero-order chi connectivity index (χ0) is 23.1. The summed E-state index contributed by atoms with van der Waals surface area (Å²) in [5.74, 6) is -1.73. The number of hydrogen-bond acceptors (Lipinski definition) is 7. The minimum Gasteiger partial charge on any atom is -0.507 e. The third-order valence-electron chi connectivity index (χ3n) is 4.30. The maximum atomic E-state index is 12.9. The molecular formula is C22H19FN4O4S. The Morgan fingerprint density at radius 3 is 2.69 bits per heavy atom. The van der Waals surface area contributed by atoms with E-state index in [0.29, 0.717) is 16.7 Å². The molecule has 1 aromatic heterocycles. The Hall–Kier alpha value is -3.84.